The summed E-state index contributed by atoms with van der Waals surface area (Å²) in [4.78, 5) is 23.8. The fourth-order valence-corrected chi connectivity index (χ4v) is 3.13. The molecule has 0 radical (unpaired) electrons. The van der Waals surface area contributed by atoms with Crippen molar-refractivity contribution >= 4 is 11.9 Å². The predicted molar refractivity (Wildman–Crippen MR) is 78.7 cm³/mol. The molecule has 23 heavy (non-hydrogen) atoms. The zero-order chi connectivity index (χ0) is 16.6. The molecule has 1 aliphatic heterocycles. The van der Waals surface area contributed by atoms with Crippen molar-refractivity contribution in [2.24, 2.45) is 5.92 Å². The first-order chi connectivity index (χ1) is 10.9. The molecule has 0 saturated heterocycles. The van der Waals surface area contributed by atoms with Crippen molar-refractivity contribution < 1.29 is 28.2 Å². The Kier molecular flexibility index (Phi) is 3.83. The molecule has 1 aromatic carbocycles. The summed E-state index contributed by atoms with van der Waals surface area (Å²) in [5.41, 5.74) is -0.0161. The van der Waals surface area contributed by atoms with Gasteiger partial charge in [0, 0.05) is 12.8 Å². The zero-order valence-electron chi connectivity index (χ0n) is 12.8. The molecule has 1 aromatic rings. The van der Waals surface area contributed by atoms with Gasteiger partial charge in [0.15, 0.2) is 0 Å². The van der Waals surface area contributed by atoms with Gasteiger partial charge in [0.2, 0.25) is 5.83 Å². The number of halogens is 1. The Balaban J connectivity index is 1.93. The van der Waals surface area contributed by atoms with Gasteiger partial charge >= 0.3 is 11.9 Å². The summed E-state index contributed by atoms with van der Waals surface area (Å²) in [6.07, 6.45) is 4.00. The molecule has 5 nitrogen and oxygen atoms in total. The van der Waals surface area contributed by atoms with Gasteiger partial charge in [-0.15, -0.1) is 0 Å². The second kappa shape index (κ2) is 5.68. The van der Waals surface area contributed by atoms with E-state index in [0.29, 0.717) is 0 Å². The maximum absolute atomic E-state index is 12.8. The lowest BCUT2D eigenvalue weighted by atomic mass is 9.96. The van der Waals surface area contributed by atoms with Crippen LogP contribution < -0.4 is 9.47 Å². The van der Waals surface area contributed by atoms with Crippen LogP contribution in [-0.4, -0.2) is 17.7 Å². The van der Waals surface area contributed by atoms with Crippen LogP contribution in [0.2, 0.25) is 0 Å². The number of cyclic esters (lactones) is 1. The summed E-state index contributed by atoms with van der Waals surface area (Å²) in [5, 5.41) is 0. The minimum Gasteiger partial charge on any atom is -0.451 e. The quantitative estimate of drug-likeness (QED) is 0.484. The molecule has 1 saturated carbocycles. The number of fused-ring (bicyclic) bond motifs is 1. The topological polar surface area (TPSA) is 61.8 Å². The number of benzene rings is 1. The second-order valence-electron chi connectivity index (χ2n) is 5.91. The molecule has 2 aliphatic rings. The highest BCUT2D eigenvalue weighted by molar-refractivity contribution is 5.98. The molecule has 0 spiro atoms. The Morgan fingerprint density at radius 2 is 2.04 bits per heavy atom. The van der Waals surface area contributed by atoms with Gasteiger partial charge < -0.3 is 14.2 Å². The van der Waals surface area contributed by atoms with Crippen LogP contribution in [0.5, 0.6) is 11.5 Å². The Labute approximate surface area is 133 Å². The van der Waals surface area contributed by atoms with Gasteiger partial charge in [0.05, 0.1) is 0 Å². The van der Waals surface area contributed by atoms with Crippen molar-refractivity contribution in [2.45, 2.75) is 38.4 Å². The van der Waals surface area contributed by atoms with Crippen molar-refractivity contribution in [3.8, 4) is 11.5 Å². The minimum atomic E-state index is -1.25. The normalized spacial score (nSPS) is 23.7. The summed E-state index contributed by atoms with van der Waals surface area (Å²) >= 11 is 0. The van der Waals surface area contributed by atoms with Crippen LogP contribution in [0.1, 0.15) is 43.0 Å². The third kappa shape index (κ3) is 2.81. The van der Waals surface area contributed by atoms with Crippen molar-refractivity contribution in [2.75, 3.05) is 0 Å². The summed E-state index contributed by atoms with van der Waals surface area (Å²) in [5.74, 6) is -3.90. The lowest BCUT2D eigenvalue weighted by molar-refractivity contribution is -0.175. The van der Waals surface area contributed by atoms with Crippen LogP contribution in [0.4, 0.5) is 4.39 Å². The summed E-state index contributed by atoms with van der Waals surface area (Å²) < 4.78 is 29.1. The van der Waals surface area contributed by atoms with Crippen molar-refractivity contribution in [1.82, 2.24) is 0 Å². The molecule has 1 aliphatic carbocycles. The molecule has 0 amide bonds. The first-order valence-electron chi connectivity index (χ1n) is 7.52. The standard InChI is InChI=1S/C17H17FO5/c1-10(18)15(19)21-12-8-5-9-13-14(12)16(20)23-17(2,22-13)11-6-3-4-7-11/h5,8-9,11H,1,3-4,6-7H2,2H3. The lowest BCUT2D eigenvalue weighted by Crippen LogP contribution is -2.47. The first-order valence-corrected chi connectivity index (χ1v) is 7.52. The average Bonchev–Trinajstić information content (AvgIpc) is 3.01. The van der Waals surface area contributed by atoms with Crippen molar-refractivity contribution in [1.29, 1.82) is 0 Å². The minimum absolute atomic E-state index is 0.0161. The van der Waals surface area contributed by atoms with E-state index >= 15 is 0 Å². The number of carbonyl (C=O) groups excluding carboxylic acids is 2. The largest absolute Gasteiger partial charge is 0.451 e. The molecular formula is C17H17FO5. The fraction of sp³-hybridized carbons (Fsp3) is 0.412. The summed E-state index contributed by atoms with van der Waals surface area (Å²) in [7, 11) is 0. The number of rotatable bonds is 3. The van der Waals surface area contributed by atoms with E-state index in [1.165, 1.54) is 6.07 Å². The predicted octanol–water partition coefficient (Wildman–Crippen LogP) is 3.53. The number of esters is 2. The number of carbonyl (C=O) groups is 2. The van der Waals surface area contributed by atoms with Crippen LogP contribution in [0, 0.1) is 5.92 Å². The van der Waals surface area contributed by atoms with Gasteiger partial charge in [0.25, 0.3) is 5.79 Å². The molecule has 1 fully saturated rings. The van der Waals surface area contributed by atoms with Crippen LogP contribution in [-0.2, 0) is 9.53 Å². The lowest BCUT2D eigenvalue weighted by Gasteiger charge is -2.39. The molecule has 3 rings (SSSR count). The van der Waals surface area contributed by atoms with E-state index in [1.54, 1.807) is 19.1 Å². The van der Waals surface area contributed by atoms with E-state index in [9.17, 15) is 14.0 Å². The van der Waals surface area contributed by atoms with Gasteiger partial charge in [-0.05, 0) is 25.0 Å². The molecule has 1 unspecified atom stereocenters. The fourth-order valence-electron chi connectivity index (χ4n) is 3.13. The molecule has 122 valence electrons. The Morgan fingerprint density at radius 1 is 1.35 bits per heavy atom. The molecule has 0 aromatic heterocycles. The monoisotopic (exact) mass is 320 g/mol. The highest BCUT2D eigenvalue weighted by Gasteiger charge is 2.46. The molecule has 0 bridgehead atoms. The molecule has 1 heterocycles. The third-order valence-corrected chi connectivity index (χ3v) is 4.32. The van der Waals surface area contributed by atoms with Gasteiger partial charge in [-0.25, -0.2) is 9.59 Å². The smallest absolute Gasteiger partial charge is 0.371 e. The maximum atomic E-state index is 12.8. The van der Waals surface area contributed by atoms with Gasteiger partial charge in [-0.2, -0.15) is 4.39 Å². The molecule has 1 atom stereocenters. The van der Waals surface area contributed by atoms with E-state index < -0.39 is 23.6 Å². The number of ether oxygens (including phenoxy) is 3. The van der Waals surface area contributed by atoms with Gasteiger partial charge in [-0.3, -0.25) is 0 Å². The van der Waals surface area contributed by atoms with Crippen molar-refractivity contribution in [3.05, 3.63) is 36.2 Å². The van der Waals surface area contributed by atoms with Crippen LogP contribution in [0.25, 0.3) is 0 Å². The zero-order valence-corrected chi connectivity index (χ0v) is 12.8. The number of hydrogen-bond acceptors (Lipinski definition) is 5. The van der Waals surface area contributed by atoms with E-state index in [4.69, 9.17) is 14.2 Å². The Morgan fingerprint density at radius 3 is 2.70 bits per heavy atom. The van der Waals surface area contributed by atoms with E-state index in [0.717, 1.165) is 25.7 Å². The van der Waals surface area contributed by atoms with E-state index in [2.05, 4.69) is 6.58 Å². The summed E-state index contributed by atoms with van der Waals surface area (Å²) in [6, 6.07) is 4.54. The van der Waals surface area contributed by atoms with Crippen LogP contribution in [0.15, 0.2) is 30.6 Å². The average molecular weight is 320 g/mol. The highest BCUT2D eigenvalue weighted by Crippen LogP contribution is 2.44. The maximum Gasteiger partial charge on any atom is 0.371 e. The number of hydrogen-bond donors (Lipinski definition) is 0. The van der Waals surface area contributed by atoms with E-state index in [-0.39, 0.29) is 23.0 Å². The van der Waals surface area contributed by atoms with E-state index in [1.807, 2.05) is 0 Å². The Bertz CT molecular complexity index is 678. The summed E-state index contributed by atoms with van der Waals surface area (Å²) in [6.45, 7) is 4.61. The second-order valence-corrected chi connectivity index (χ2v) is 5.91. The van der Waals surface area contributed by atoms with Gasteiger partial charge in [0.1, 0.15) is 17.1 Å². The first kappa shape index (κ1) is 15.5. The van der Waals surface area contributed by atoms with Crippen LogP contribution >= 0.6 is 0 Å². The molecule has 6 heteroatoms. The van der Waals surface area contributed by atoms with Gasteiger partial charge in [-0.1, -0.05) is 25.5 Å². The highest BCUT2D eigenvalue weighted by atomic mass is 19.1. The van der Waals surface area contributed by atoms with Crippen LogP contribution in [0.3, 0.4) is 0 Å². The molecule has 0 N–H and O–H groups in total. The molecular weight excluding hydrogens is 303 g/mol. The van der Waals surface area contributed by atoms with Crippen molar-refractivity contribution in [3.63, 3.8) is 0 Å². The Hall–Kier alpha value is -2.37. The third-order valence-electron chi connectivity index (χ3n) is 4.32. The SMILES string of the molecule is C=C(F)C(=O)Oc1cccc2c1C(=O)OC(C)(C1CCCC1)O2.